The molecule has 63 heavy (non-hydrogen) atoms. The van der Waals surface area contributed by atoms with E-state index in [-0.39, 0.29) is 38.6 Å². The average Bonchev–Trinajstić information content (AvgIpc) is 3.27. The van der Waals surface area contributed by atoms with Crippen LogP contribution in [0.4, 0.5) is 0 Å². The summed E-state index contributed by atoms with van der Waals surface area (Å²) < 4.78 is 33.0. The summed E-state index contributed by atoms with van der Waals surface area (Å²) in [5.41, 5.74) is 5.37. The van der Waals surface area contributed by atoms with E-state index in [2.05, 4.69) is 38.2 Å². The van der Waals surface area contributed by atoms with Gasteiger partial charge in [-0.15, -0.1) is 0 Å². The average molecular weight is 912 g/mol. The van der Waals surface area contributed by atoms with Crippen molar-refractivity contribution in [2.75, 3.05) is 26.4 Å². The molecule has 0 aliphatic heterocycles. The van der Waals surface area contributed by atoms with Crippen LogP contribution in [0, 0.1) is 0 Å². The molecule has 0 bridgehead atoms. The van der Waals surface area contributed by atoms with Crippen molar-refractivity contribution in [2.45, 2.75) is 277 Å². The first-order valence-electron chi connectivity index (χ1n) is 26.8. The molecular formula is C53H102NO8P. The summed E-state index contributed by atoms with van der Waals surface area (Å²) in [4.78, 5) is 35.1. The predicted octanol–water partition coefficient (Wildman–Crippen LogP) is 16.3. The molecule has 0 rings (SSSR count). The normalized spacial score (nSPS) is 13.3. The van der Waals surface area contributed by atoms with Crippen molar-refractivity contribution in [3.05, 3.63) is 24.3 Å². The third-order valence-corrected chi connectivity index (χ3v) is 12.8. The number of esters is 2. The number of hydrogen-bond donors (Lipinski definition) is 2. The maximum absolute atomic E-state index is 12.7. The number of nitrogens with two attached hydrogens (primary N) is 1. The number of rotatable bonds is 51. The third kappa shape index (κ3) is 49.8. The summed E-state index contributed by atoms with van der Waals surface area (Å²) in [6.07, 6.45) is 56.5. The van der Waals surface area contributed by atoms with Gasteiger partial charge in [0.05, 0.1) is 13.2 Å². The van der Waals surface area contributed by atoms with Gasteiger partial charge in [-0.1, -0.05) is 237 Å². The van der Waals surface area contributed by atoms with Gasteiger partial charge in [0.25, 0.3) is 0 Å². The van der Waals surface area contributed by atoms with Crippen molar-refractivity contribution < 1.29 is 37.6 Å². The Labute approximate surface area is 389 Å². The molecule has 0 aliphatic carbocycles. The molecule has 9 nitrogen and oxygen atoms in total. The van der Waals surface area contributed by atoms with E-state index in [1.165, 1.54) is 199 Å². The van der Waals surface area contributed by atoms with Crippen LogP contribution in [0.25, 0.3) is 0 Å². The summed E-state index contributed by atoms with van der Waals surface area (Å²) in [6, 6.07) is 0. The molecule has 0 fully saturated rings. The van der Waals surface area contributed by atoms with Crippen LogP contribution >= 0.6 is 7.82 Å². The van der Waals surface area contributed by atoms with Crippen LogP contribution in [0.15, 0.2) is 24.3 Å². The van der Waals surface area contributed by atoms with Crippen LogP contribution in [-0.4, -0.2) is 49.3 Å². The van der Waals surface area contributed by atoms with Crippen molar-refractivity contribution in [1.29, 1.82) is 0 Å². The predicted molar refractivity (Wildman–Crippen MR) is 266 cm³/mol. The SMILES string of the molecule is CCCCC/C=C/C/C=C/CCCCCCCCCCCC(=O)OC[C@H](COP(=O)(O)OCCN)OC(=O)CCCCCCCCCCCCCCCCCCCCCCCCC. The molecule has 0 radical (unpaired) electrons. The fraction of sp³-hybridized carbons (Fsp3) is 0.887. The molecule has 0 aromatic rings. The Kier molecular flexibility index (Phi) is 48.7. The molecule has 0 aromatic heterocycles. The lowest BCUT2D eigenvalue weighted by molar-refractivity contribution is -0.161. The van der Waals surface area contributed by atoms with Crippen LogP contribution in [0.3, 0.4) is 0 Å². The van der Waals surface area contributed by atoms with Crippen molar-refractivity contribution in [3.63, 3.8) is 0 Å². The summed E-state index contributed by atoms with van der Waals surface area (Å²) in [6.45, 7) is 3.76. The molecule has 372 valence electrons. The van der Waals surface area contributed by atoms with E-state index in [1.54, 1.807) is 0 Å². The van der Waals surface area contributed by atoms with E-state index in [1.807, 2.05) is 0 Å². The van der Waals surface area contributed by atoms with E-state index >= 15 is 0 Å². The van der Waals surface area contributed by atoms with Crippen LogP contribution in [0.2, 0.25) is 0 Å². The maximum atomic E-state index is 12.7. The minimum Gasteiger partial charge on any atom is -0.462 e. The monoisotopic (exact) mass is 912 g/mol. The Morgan fingerprint density at radius 1 is 0.476 bits per heavy atom. The van der Waals surface area contributed by atoms with Crippen molar-refractivity contribution in [2.24, 2.45) is 5.73 Å². The van der Waals surface area contributed by atoms with E-state index in [4.69, 9.17) is 24.3 Å². The molecule has 1 unspecified atom stereocenters. The van der Waals surface area contributed by atoms with Crippen molar-refractivity contribution >= 4 is 19.8 Å². The summed E-state index contributed by atoms with van der Waals surface area (Å²) in [7, 11) is -4.38. The van der Waals surface area contributed by atoms with E-state index in [9.17, 15) is 19.0 Å². The van der Waals surface area contributed by atoms with Gasteiger partial charge < -0.3 is 20.1 Å². The van der Waals surface area contributed by atoms with Crippen molar-refractivity contribution in [3.8, 4) is 0 Å². The first-order chi connectivity index (χ1) is 30.8. The lowest BCUT2D eigenvalue weighted by atomic mass is 10.0. The molecule has 0 heterocycles. The van der Waals surface area contributed by atoms with Crippen LogP contribution in [-0.2, 0) is 32.7 Å². The smallest absolute Gasteiger partial charge is 0.462 e. The number of hydrogen-bond acceptors (Lipinski definition) is 8. The fourth-order valence-electron chi connectivity index (χ4n) is 7.84. The van der Waals surface area contributed by atoms with Crippen LogP contribution in [0.5, 0.6) is 0 Å². The molecule has 2 atom stereocenters. The number of allylic oxidation sites excluding steroid dienone is 4. The molecule has 0 spiro atoms. The lowest BCUT2D eigenvalue weighted by Crippen LogP contribution is -2.29. The highest BCUT2D eigenvalue weighted by Gasteiger charge is 2.26. The molecule has 0 saturated heterocycles. The van der Waals surface area contributed by atoms with Crippen LogP contribution in [0.1, 0.15) is 271 Å². The van der Waals surface area contributed by atoms with E-state index in [0.717, 1.165) is 38.5 Å². The van der Waals surface area contributed by atoms with Gasteiger partial charge in [-0.05, 0) is 44.9 Å². The van der Waals surface area contributed by atoms with E-state index in [0.29, 0.717) is 6.42 Å². The second-order valence-corrected chi connectivity index (χ2v) is 19.6. The Hall–Kier alpha value is -1.51. The second kappa shape index (κ2) is 49.9. The van der Waals surface area contributed by atoms with E-state index < -0.39 is 26.5 Å². The highest BCUT2D eigenvalue weighted by atomic mass is 31.2. The summed E-state index contributed by atoms with van der Waals surface area (Å²) in [5.74, 6) is -0.818. The van der Waals surface area contributed by atoms with Gasteiger partial charge in [0.15, 0.2) is 6.10 Å². The first kappa shape index (κ1) is 61.5. The quantitative estimate of drug-likeness (QED) is 0.0265. The molecule has 0 saturated carbocycles. The molecule has 0 amide bonds. The summed E-state index contributed by atoms with van der Waals surface area (Å²) >= 11 is 0. The van der Waals surface area contributed by atoms with Crippen molar-refractivity contribution in [1.82, 2.24) is 0 Å². The molecule has 0 aliphatic rings. The summed E-state index contributed by atoms with van der Waals surface area (Å²) in [5, 5.41) is 0. The Morgan fingerprint density at radius 3 is 1.24 bits per heavy atom. The van der Waals surface area contributed by atoms with Gasteiger partial charge in [-0.3, -0.25) is 18.6 Å². The van der Waals surface area contributed by atoms with Gasteiger partial charge in [0.2, 0.25) is 0 Å². The Morgan fingerprint density at radius 2 is 0.825 bits per heavy atom. The maximum Gasteiger partial charge on any atom is 0.472 e. The van der Waals surface area contributed by atoms with Gasteiger partial charge in [0, 0.05) is 19.4 Å². The molecular weight excluding hydrogens is 810 g/mol. The van der Waals surface area contributed by atoms with Gasteiger partial charge >= 0.3 is 19.8 Å². The molecule has 3 N–H and O–H groups in total. The molecule has 0 aromatic carbocycles. The second-order valence-electron chi connectivity index (χ2n) is 18.1. The van der Waals surface area contributed by atoms with Gasteiger partial charge in [-0.25, -0.2) is 4.57 Å². The lowest BCUT2D eigenvalue weighted by Gasteiger charge is -2.19. The highest BCUT2D eigenvalue weighted by Crippen LogP contribution is 2.43. The highest BCUT2D eigenvalue weighted by molar-refractivity contribution is 7.47. The Bertz CT molecular complexity index is 1090. The number of carbonyl (C=O) groups excluding carboxylic acids is 2. The largest absolute Gasteiger partial charge is 0.472 e. The standard InChI is InChI=1S/C53H102NO8P/c1-3-5-7-9-11-13-15-17-19-21-23-24-25-26-28-30-32-34-36-38-40-42-44-46-53(56)62-51(50-61-63(57,58)60-48-47-54)49-59-52(55)45-43-41-39-37-35-33-31-29-27-22-20-18-16-14-12-10-8-6-4-2/h12,14,18,20,51H,3-11,13,15-17,19,21-50,54H2,1-2H3,(H,57,58)/b14-12+,20-18+/t51-/m1/s1. The zero-order valence-corrected chi connectivity index (χ0v) is 42.2. The number of ether oxygens (including phenoxy) is 2. The van der Waals surface area contributed by atoms with Crippen LogP contribution < -0.4 is 5.73 Å². The fourth-order valence-corrected chi connectivity index (χ4v) is 8.61. The topological polar surface area (TPSA) is 134 Å². The zero-order valence-electron chi connectivity index (χ0n) is 41.3. The molecule has 10 heteroatoms. The van der Waals surface area contributed by atoms with Gasteiger partial charge in [0.1, 0.15) is 6.61 Å². The van der Waals surface area contributed by atoms with Gasteiger partial charge in [-0.2, -0.15) is 0 Å². The number of unbranched alkanes of at least 4 members (excludes halogenated alkanes) is 34. The number of phosphoric acid groups is 1. The third-order valence-electron chi connectivity index (χ3n) is 11.8. The Balaban J connectivity index is 3.98. The number of phosphoric ester groups is 1. The number of carbonyl (C=O) groups is 2. The minimum absolute atomic E-state index is 0.0550. The minimum atomic E-state index is -4.38. The first-order valence-corrected chi connectivity index (χ1v) is 28.3. The zero-order chi connectivity index (χ0) is 46.0.